The van der Waals surface area contributed by atoms with Gasteiger partial charge in [-0.1, -0.05) is 12.2 Å². The molecule has 3 nitrogen and oxygen atoms in total. The van der Waals surface area contributed by atoms with Crippen molar-refractivity contribution in [2.75, 3.05) is 20.2 Å². The van der Waals surface area contributed by atoms with Gasteiger partial charge in [0.15, 0.2) is 0 Å². The van der Waals surface area contributed by atoms with E-state index >= 15 is 0 Å². The zero-order valence-electron chi connectivity index (χ0n) is 7.91. The van der Waals surface area contributed by atoms with Crippen molar-refractivity contribution < 1.29 is 9.53 Å². The average molecular weight is 201 g/mol. The van der Waals surface area contributed by atoms with Crippen molar-refractivity contribution in [3.05, 3.63) is 0 Å². The molecule has 0 bridgehead atoms. The molecule has 0 unspecified atom stereocenters. The zero-order valence-corrected chi connectivity index (χ0v) is 8.73. The Morgan fingerprint density at radius 3 is 3.00 bits per heavy atom. The number of esters is 1. The second kappa shape index (κ2) is 5.17. The number of carbonyl (C=O) groups is 1. The van der Waals surface area contributed by atoms with E-state index in [0.29, 0.717) is 13.0 Å². The molecule has 0 atom stereocenters. The normalized spacial score (nSPS) is 17.3. The third-order valence-electron chi connectivity index (χ3n) is 2.23. The highest BCUT2D eigenvalue weighted by Crippen LogP contribution is 2.12. The first-order valence-corrected chi connectivity index (χ1v) is 4.99. The number of rotatable bonds is 3. The Morgan fingerprint density at radius 1 is 1.62 bits per heavy atom. The SMILES string of the molecule is COC(=O)CCN1CCCCC1=S. The third-order valence-corrected chi connectivity index (χ3v) is 2.70. The quantitative estimate of drug-likeness (QED) is 0.509. The molecule has 13 heavy (non-hydrogen) atoms. The molecule has 0 saturated carbocycles. The van der Waals surface area contributed by atoms with E-state index in [0.717, 1.165) is 18.0 Å². The van der Waals surface area contributed by atoms with Gasteiger partial charge in [-0.2, -0.15) is 0 Å². The van der Waals surface area contributed by atoms with Gasteiger partial charge in [-0.05, 0) is 19.3 Å². The fourth-order valence-corrected chi connectivity index (χ4v) is 1.75. The second-order valence-electron chi connectivity index (χ2n) is 3.16. The van der Waals surface area contributed by atoms with Crippen LogP contribution in [-0.2, 0) is 9.53 Å². The number of nitrogens with zero attached hydrogens (tertiary/aromatic N) is 1. The maximum absolute atomic E-state index is 10.9. The molecule has 0 radical (unpaired) electrons. The molecule has 74 valence electrons. The molecule has 0 aliphatic carbocycles. The van der Waals surface area contributed by atoms with Crippen LogP contribution in [0.15, 0.2) is 0 Å². The molecule has 0 aromatic carbocycles. The van der Waals surface area contributed by atoms with Gasteiger partial charge in [0.2, 0.25) is 0 Å². The van der Waals surface area contributed by atoms with Crippen molar-refractivity contribution in [3.8, 4) is 0 Å². The van der Waals surface area contributed by atoms with Crippen molar-refractivity contribution in [3.63, 3.8) is 0 Å². The van der Waals surface area contributed by atoms with Crippen LogP contribution in [0, 0.1) is 0 Å². The van der Waals surface area contributed by atoms with Crippen LogP contribution in [-0.4, -0.2) is 36.1 Å². The van der Waals surface area contributed by atoms with Gasteiger partial charge >= 0.3 is 5.97 Å². The molecule has 0 spiro atoms. The van der Waals surface area contributed by atoms with Crippen LogP contribution in [0.25, 0.3) is 0 Å². The van der Waals surface area contributed by atoms with E-state index in [2.05, 4.69) is 9.64 Å². The van der Waals surface area contributed by atoms with Crippen LogP contribution in [0.2, 0.25) is 0 Å². The summed E-state index contributed by atoms with van der Waals surface area (Å²) in [6.07, 6.45) is 3.81. The predicted octanol–water partition coefficient (Wildman–Crippen LogP) is 1.36. The molecule has 1 saturated heterocycles. The minimum absolute atomic E-state index is 0.159. The van der Waals surface area contributed by atoms with Gasteiger partial charge in [-0.25, -0.2) is 0 Å². The topological polar surface area (TPSA) is 29.5 Å². The van der Waals surface area contributed by atoms with Crippen molar-refractivity contribution in [2.45, 2.75) is 25.7 Å². The van der Waals surface area contributed by atoms with E-state index < -0.39 is 0 Å². The summed E-state index contributed by atoms with van der Waals surface area (Å²) in [5, 5.41) is 0. The smallest absolute Gasteiger partial charge is 0.307 e. The number of piperidine rings is 1. The number of hydrogen-bond donors (Lipinski definition) is 0. The molecule has 1 fully saturated rings. The first-order valence-electron chi connectivity index (χ1n) is 4.58. The molecule has 1 heterocycles. The Kier molecular flexibility index (Phi) is 4.15. The summed E-state index contributed by atoms with van der Waals surface area (Å²) in [6, 6.07) is 0. The third kappa shape index (κ3) is 3.30. The number of ether oxygens (including phenoxy) is 1. The van der Waals surface area contributed by atoms with Gasteiger partial charge in [0, 0.05) is 13.1 Å². The lowest BCUT2D eigenvalue weighted by molar-refractivity contribution is -0.140. The maximum Gasteiger partial charge on any atom is 0.307 e. The number of thiocarbonyl (C=S) groups is 1. The highest BCUT2D eigenvalue weighted by Gasteiger charge is 2.15. The monoisotopic (exact) mass is 201 g/mol. The standard InChI is InChI=1S/C9H15NO2S/c1-12-9(11)5-7-10-6-3-2-4-8(10)13/h2-7H2,1H3. The fraction of sp³-hybridized carbons (Fsp3) is 0.778. The molecule has 0 amide bonds. The fourth-order valence-electron chi connectivity index (χ4n) is 1.43. The lowest BCUT2D eigenvalue weighted by atomic mass is 10.1. The van der Waals surface area contributed by atoms with Crippen LogP contribution < -0.4 is 0 Å². The highest BCUT2D eigenvalue weighted by atomic mass is 32.1. The van der Waals surface area contributed by atoms with E-state index in [4.69, 9.17) is 12.2 Å². The highest BCUT2D eigenvalue weighted by molar-refractivity contribution is 7.80. The van der Waals surface area contributed by atoms with Crippen LogP contribution >= 0.6 is 12.2 Å². The lowest BCUT2D eigenvalue weighted by Crippen LogP contribution is -2.35. The summed E-state index contributed by atoms with van der Waals surface area (Å²) in [4.78, 5) is 14.0. The van der Waals surface area contributed by atoms with Gasteiger partial charge in [0.25, 0.3) is 0 Å². The van der Waals surface area contributed by atoms with Crippen LogP contribution in [0.1, 0.15) is 25.7 Å². The summed E-state index contributed by atoms with van der Waals surface area (Å²) in [5.41, 5.74) is 0. The summed E-state index contributed by atoms with van der Waals surface area (Å²) in [5.74, 6) is -0.159. The van der Waals surface area contributed by atoms with Gasteiger partial charge in [-0.3, -0.25) is 4.79 Å². The summed E-state index contributed by atoms with van der Waals surface area (Å²) < 4.78 is 4.57. The molecule has 4 heteroatoms. The number of hydrogen-bond acceptors (Lipinski definition) is 3. The average Bonchev–Trinajstić information content (AvgIpc) is 2.16. The number of carbonyl (C=O) groups excluding carboxylic acids is 1. The summed E-state index contributed by atoms with van der Waals surface area (Å²) in [6.45, 7) is 1.71. The van der Waals surface area contributed by atoms with Gasteiger partial charge in [0.1, 0.15) is 0 Å². The summed E-state index contributed by atoms with van der Waals surface area (Å²) in [7, 11) is 1.41. The first kappa shape index (κ1) is 10.4. The van der Waals surface area contributed by atoms with Gasteiger partial charge in [-0.15, -0.1) is 0 Å². The summed E-state index contributed by atoms with van der Waals surface area (Å²) >= 11 is 5.19. The lowest BCUT2D eigenvalue weighted by Gasteiger charge is -2.28. The maximum atomic E-state index is 10.9. The van der Waals surface area contributed by atoms with Crippen LogP contribution in [0.5, 0.6) is 0 Å². The minimum atomic E-state index is -0.159. The molecule has 0 N–H and O–H groups in total. The second-order valence-corrected chi connectivity index (χ2v) is 3.64. The Balaban J connectivity index is 2.26. The number of likely N-dealkylation sites (tertiary alicyclic amines) is 1. The van der Waals surface area contributed by atoms with Crippen molar-refractivity contribution >= 4 is 23.2 Å². The van der Waals surface area contributed by atoms with Crippen molar-refractivity contribution in [2.24, 2.45) is 0 Å². The van der Waals surface area contributed by atoms with Crippen LogP contribution in [0.4, 0.5) is 0 Å². The zero-order chi connectivity index (χ0) is 9.68. The van der Waals surface area contributed by atoms with Crippen molar-refractivity contribution in [1.29, 1.82) is 0 Å². The van der Waals surface area contributed by atoms with E-state index in [1.807, 2.05) is 0 Å². The van der Waals surface area contributed by atoms with E-state index in [9.17, 15) is 4.79 Å². The van der Waals surface area contributed by atoms with Crippen molar-refractivity contribution in [1.82, 2.24) is 4.90 Å². The Labute approximate surface area is 84.0 Å². The Bertz CT molecular complexity index is 206. The van der Waals surface area contributed by atoms with Gasteiger partial charge < -0.3 is 9.64 Å². The van der Waals surface area contributed by atoms with Gasteiger partial charge in [0.05, 0.1) is 18.5 Å². The van der Waals surface area contributed by atoms with E-state index in [1.54, 1.807) is 0 Å². The first-order chi connectivity index (χ1) is 6.24. The largest absolute Gasteiger partial charge is 0.469 e. The predicted molar refractivity (Wildman–Crippen MR) is 54.7 cm³/mol. The van der Waals surface area contributed by atoms with E-state index in [1.165, 1.54) is 20.0 Å². The molecule has 1 rings (SSSR count). The molecule has 0 aromatic rings. The van der Waals surface area contributed by atoms with E-state index in [-0.39, 0.29) is 5.97 Å². The Hall–Kier alpha value is -0.640. The molecule has 0 aromatic heterocycles. The molecule has 1 aliphatic rings. The van der Waals surface area contributed by atoms with Crippen LogP contribution in [0.3, 0.4) is 0 Å². The number of methoxy groups -OCH3 is 1. The molecule has 1 aliphatic heterocycles. The Morgan fingerprint density at radius 2 is 2.38 bits per heavy atom. The minimum Gasteiger partial charge on any atom is -0.469 e. The molecular formula is C9H15NO2S. The molecular weight excluding hydrogens is 186 g/mol.